The summed E-state index contributed by atoms with van der Waals surface area (Å²) in [5.41, 5.74) is -0.691. The highest BCUT2D eigenvalue weighted by molar-refractivity contribution is 7.89. The monoisotopic (exact) mass is 591 g/mol. The van der Waals surface area contributed by atoms with E-state index in [-0.39, 0.29) is 35.6 Å². The fraction of sp³-hybridized carbons (Fsp3) is 0.452. The fourth-order valence-corrected chi connectivity index (χ4v) is 8.05. The van der Waals surface area contributed by atoms with Crippen LogP contribution in [0.5, 0.6) is 0 Å². The number of hydrogen-bond donors (Lipinski definition) is 2. The smallest absolute Gasteiger partial charge is 0.285 e. The molecule has 4 atom stereocenters. The van der Waals surface area contributed by atoms with E-state index < -0.39 is 45.2 Å². The lowest BCUT2D eigenvalue weighted by Crippen LogP contribution is -2.55. The number of para-hydroxylation sites is 1. The lowest BCUT2D eigenvalue weighted by Gasteiger charge is -2.32. The molecule has 0 bridgehead atoms. The molecular weight excluding hydrogens is 556 g/mol. The van der Waals surface area contributed by atoms with Gasteiger partial charge in [0.05, 0.1) is 12.6 Å². The molecule has 1 unspecified atom stereocenters. The Morgan fingerprint density at radius 2 is 1.81 bits per heavy atom. The number of amides is 2. The number of hydrogen-bond acceptors (Lipinski definition) is 7. The summed E-state index contributed by atoms with van der Waals surface area (Å²) in [5, 5.41) is 6.51. The van der Waals surface area contributed by atoms with Crippen LogP contribution >= 0.6 is 0 Å². The number of fused-ring (bicyclic) bond motifs is 1. The quantitative estimate of drug-likeness (QED) is 0.400. The van der Waals surface area contributed by atoms with Crippen LogP contribution in [-0.2, 0) is 19.6 Å². The van der Waals surface area contributed by atoms with Crippen LogP contribution in [0.15, 0.2) is 64.2 Å². The molecule has 11 heteroatoms. The van der Waals surface area contributed by atoms with Gasteiger partial charge in [0.1, 0.15) is 5.58 Å². The predicted octanol–water partition coefficient (Wildman–Crippen LogP) is 3.64. The van der Waals surface area contributed by atoms with E-state index in [1.807, 2.05) is 24.6 Å². The molecule has 3 aliphatic rings. The Morgan fingerprint density at radius 3 is 2.55 bits per heavy atom. The summed E-state index contributed by atoms with van der Waals surface area (Å²) in [6.45, 7) is 1.37. The Morgan fingerprint density at radius 1 is 1.05 bits per heavy atom. The van der Waals surface area contributed by atoms with Gasteiger partial charge in [0.25, 0.3) is 15.9 Å². The summed E-state index contributed by atoms with van der Waals surface area (Å²) in [4.78, 5) is 44.7. The second-order valence-corrected chi connectivity index (χ2v) is 13.5. The Kier molecular flexibility index (Phi) is 7.65. The third-order valence-electron chi connectivity index (χ3n) is 8.94. The highest BCUT2D eigenvalue weighted by Gasteiger charge is 2.52. The van der Waals surface area contributed by atoms with Crippen molar-refractivity contribution in [1.29, 1.82) is 0 Å². The number of furan rings is 1. The van der Waals surface area contributed by atoms with E-state index >= 15 is 0 Å². The van der Waals surface area contributed by atoms with E-state index in [0.717, 1.165) is 41.8 Å². The van der Waals surface area contributed by atoms with Gasteiger partial charge in [0, 0.05) is 17.6 Å². The van der Waals surface area contributed by atoms with E-state index in [2.05, 4.69) is 15.6 Å². The summed E-state index contributed by atoms with van der Waals surface area (Å²) in [6.07, 6.45) is 9.16. The van der Waals surface area contributed by atoms with E-state index in [9.17, 15) is 22.8 Å². The highest BCUT2D eigenvalue weighted by atomic mass is 32.2. The van der Waals surface area contributed by atoms with Crippen molar-refractivity contribution in [3.05, 3.63) is 66.9 Å². The van der Waals surface area contributed by atoms with Crippen LogP contribution in [0.25, 0.3) is 11.0 Å². The molecule has 42 heavy (non-hydrogen) atoms. The maximum absolute atomic E-state index is 13.9. The largest absolute Gasteiger partial charge is 0.451 e. The van der Waals surface area contributed by atoms with Crippen molar-refractivity contribution in [2.75, 3.05) is 6.54 Å². The average Bonchev–Trinajstić information content (AvgIpc) is 3.60. The second-order valence-electron chi connectivity index (χ2n) is 11.7. The van der Waals surface area contributed by atoms with Crippen molar-refractivity contribution in [3.8, 4) is 0 Å². The minimum absolute atomic E-state index is 0.112. The van der Waals surface area contributed by atoms with Crippen molar-refractivity contribution < 1.29 is 27.2 Å². The SMILES string of the molecule is C[C@@H]1CC[C@H](NC(=O)[C@]2(NC(=O)c3cc4ccccc4o3)[CH-]C2C2CCCCC2)C(=O)CN1S(=O)(=O)c1ccccn1. The van der Waals surface area contributed by atoms with E-state index in [0.29, 0.717) is 12.0 Å². The normalized spacial score (nSPS) is 27.4. The molecule has 6 rings (SSSR count). The van der Waals surface area contributed by atoms with Crippen LogP contribution in [0.4, 0.5) is 0 Å². The predicted molar refractivity (Wildman–Crippen MR) is 155 cm³/mol. The molecule has 1 saturated heterocycles. The molecule has 1 aliphatic heterocycles. The molecule has 1 aromatic carbocycles. The minimum Gasteiger partial charge on any atom is -0.451 e. The maximum Gasteiger partial charge on any atom is 0.285 e. The molecule has 3 aromatic rings. The summed E-state index contributed by atoms with van der Waals surface area (Å²) in [6, 6.07) is 12.2. The van der Waals surface area contributed by atoms with E-state index in [4.69, 9.17) is 4.42 Å². The summed E-state index contributed by atoms with van der Waals surface area (Å²) in [7, 11) is -4.00. The number of aromatic nitrogens is 1. The molecule has 222 valence electrons. The Labute approximate surface area is 245 Å². The number of ketones is 1. The first kappa shape index (κ1) is 28.5. The molecule has 2 N–H and O–H groups in total. The van der Waals surface area contributed by atoms with Gasteiger partial charge in [-0.3, -0.25) is 20.8 Å². The van der Waals surface area contributed by atoms with Crippen molar-refractivity contribution >= 4 is 38.6 Å². The van der Waals surface area contributed by atoms with Gasteiger partial charge in [0.2, 0.25) is 5.91 Å². The second kappa shape index (κ2) is 11.3. The first-order chi connectivity index (χ1) is 20.2. The molecule has 2 amide bonds. The molecule has 2 aromatic heterocycles. The molecule has 2 aliphatic carbocycles. The third kappa shape index (κ3) is 5.35. The Hall–Kier alpha value is -3.57. The molecule has 3 heterocycles. The van der Waals surface area contributed by atoms with Crippen LogP contribution in [0.2, 0.25) is 0 Å². The summed E-state index contributed by atoms with van der Waals surface area (Å²) < 4.78 is 33.5. The van der Waals surface area contributed by atoms with Gasteiger partial charge in [0.15, 0.2) is 16.6 Å². The lowest BCUT2D eigenvalue weighted by molar-refractivity contribution is -0.129. The zero-order valence-corrected chi connectivity index (χ0v) is 24.3. The number of Topliss-reactive ketones (excluding diaryl/α,β-unsaturated/α-hetero) is 1. The number of pyridine rings is 1. The summed E-state index contributed by atoms with van der Waals surface area (Å²) in [5.74, 6) is -1.14. The number of nitrogens with one attached hydrogen (secondary N) is 2. The van der Waals surface area contributed by atoms with Crippen LogP contribution < -0.4 is 10.6 Å². The van der Waals surface area contributed by atoms with Gasteiger partial charge in [-0.15, -0.1) is 0 Å². The van der Waals surface area contributed by atoms with Gasteiger partial charge < -0.3 is 15.1 Å². The molecule has 3 fully saturated rings. The van der Waals surface area contributed by atoms with Gasteiger partial charge >= 0.3 is 0 Å². The zero-order valence-electron chi connectivity index (χ0n) is 23.5. The van der Waals surface area contributed by atoms with Crippen molar-refractivity contribution in [2.45, 2.75) is 74.5 Å². The standard InChI is InChI=1S/C31H35N4O6S/c1-20-14-15-24(25(36)19-35(20)42(39,40)28-13-7-8-16-32-28)33-30(38)31(18-23(31)21-9-3-2-4-10-21)34-29(37)27-17-22-11-5-6-12-26(22)41-27/h5-8,11-13,16-18,20-21,23-24H,2-4,9-10,14-15,19H2,1H3,(H,33,38)(H,34,37)/q-1/t20-,23?,24+,31+/m1/s1. The number of sulfonamides is 1. The Bertz CT molecular complexity index is 1570. The topological polar surface area (TPSA) is 139 Å². The number of carbonyl (C=O) groups is 3. The van der Waals surface area contributed by atoms with E-state index in [1.54, 1.807) is 31.2 Å². The maximum atomic E-state index is 13.9. The molecule has 0 radical (unpaired) electrons. The number of rotatable bonds is 7. The van der Waals surface area contributed by atoms with Crippen LogP contribution in [-0.4, -0.2) is 59.5 Å². The summed E-state index contributed by atoms with van der Waals surface area (Å²) >= 11 is 0. The Balaban J connectivity index is 1.21. The highest BCUT2D eigenvalue weighted by Crippen LogP contribution is 2.52. The first-order valence-corrected chi connectivity index (χ1v) is 16.1. The van der Waals surface area contributed by atoms with Crippen molar-refractivity contribution in [2.24, 2.45) is 11.8 Å². The van der Waals surface area contributed by atoms with Gasteiger partial charge in [-0.25, -0.2) is 13.4 Å². The fourth-order valence-electron chi connectivity index (χ4n) is 6.49. The number of nitrogens with zero attached hydrogens (tertiary/aromatic N) is 2. The van der Waals surface area contributed by atoms with Gasteiger partial charge in [-0.2, -0.15) is 10.2 Å². The van der Waals surface area contributed by atoms with Crippen LogP contribution in [0.3, 0.4) is 0 Å². The van der Waals surface area contributed by atoms with Gasteiger partial charge in [-0.1, -0.05) is 62.3 Å². The average molecular weight is 592 g/mol. The third-order valence-corrected chi connectivity index (χ3v) is 10.8. The van der Waals surface area contributed by atoms with Crippen LogP contribution in [0, 0.1) is 18.3 Å². The number of benzene rings is 1. The number of carbonyl (C=O) groups excluding carboxylic acids is 3. The molecular formula is C31H35N4O6S-. The minimum atomic E-state index is -4.00. The van der Waals surface area contributed by atoms with Gasteiger partial charge in [-0.05, 0) is 49.6 Å². The first-order valence-electron chi connectivity index (χ1n) is 14.6. The lowest BCUT2D eigenvalue weighted by atomic mass is 9.84. The van der Waals surface area contributed by atoms with Crippen molar-refractivity contribution in [1.82, 2.24) is 19.9 Å². The van der Waals surface area contributed by atoms with Crippen molar-refractivity contribution in [3.63, 3.8) is 0 Å². The van der Waals surface area contributed by atoms with Crippen LogP contribution in [0.1, 0.15) is 62.4 Å². The zero-order chi connectivity index (χ0) is 29.5. The molecule has 10 nitrogen and oxygen atoms in total. The van der Waals surface area contributed by atoms with E-state index in [1.165, 1.54) is 12.3 Å². The molecule has 0 spiro atoms. The molecule has 2 saturated carbocycles.